The van der Waals surface area contributed by atoms with Crippen molar-refractivity contribution < 1.29 is 14.7 Å². The molecule has 2 amide bonds. The molecule has 3 rings (SSSR count). The highest BCUT2D eigenvalue weighted by atomic mass is 35.5. The first kappa shape index (κ1) is 13.2. The average molecular weight is 306 g/mol. The van der Waals surface area contributed by atoms with Crippen LogP contribution in [0.15, 0.2) is 29.1 Å². The molecule has 0 unspecified atom stereocenters. The Morgan fingerprint density at radius 3 is 2.52 bits per heavy atom. The summed E-state index contributed by atoms with van der Waals surface area (Å²) in [5.74, 6) is -1.60. The summed E-state index contributed by atoms with van der Waals surface area (Å²) in [5, 5.41) is 11.5. The second-order valence-electron chi connectivity index (χ2n) is 4.41. The van der Waals surface area contributed by atoms with Crippen LogP contribution < -0.4 is 16.6 Å². The van der Waals surface area contributed by atoms with Gasteiger partial charge in [-0.05, 0) is 12.1 Å². The Bertz CT molecular complexity index is 872. The van der Waals surface area contributed by atoms with Gasteiger partial charge in [-0.2, -0.15) is 0 Å². The molecular weight excluding hydrogens is 298 g/mol. The second-order valence-corrected chi connectivity index (χ2v) is 4.82. The summed E-state index contributed by atoms with van der Waals surface area (Å²) in [6, 6.07) is 4.97. The van der Waals surface area contributed by atoms with Crippen LogP contribution in [0.25, 0.3) is 5.69 Å². The Balaban J connectivity index is 2.35. The van der Waals surface area contributed by atoms with Crippen LogP contribution in [-0.2, 0) is 0 Å². The van der Waals surface area contributed by atoms with Gasteiger partial charge in [-0.3, -0.25) is 24.3 Å². The van der Waals surface area contributed by atoms with E-state index in [1.807, 2.05) is 0 Å². The van der Waals surface area contributed by atoms with Crippen LogP contribution in [0.3, 0.4) is 0 Å². The number of pyridine rings is 1. The van der Waals surface area contributed by atoms with Crippen LogP contribution >= 0.6 is 11.6 Å². The number of anilines is 1. The number of nitrogens with two attached hydrogens (primary N) is 1. The Hall–Kier alpha value is -2.80. The first-order chi connectivity index (χ1) is 9.90. The number of hydrogen-bond acceptors (Lipinski definition) is 5. The molecule has 4 N–H and O–H groups in total. The van der Waals surface area contributed by atoms with Crippen LogP contribution in [-0.4, -0.2) is 21.5 Å². The molecule has 0 saturated heterocycles. The van der Waals surface area contributed by atoms with Crippen molar-refractivity contribution in [3.05, 3.63) is 50.8 Å². The second kappa shape index (κ2) is 4.35. The number of benzene rings is 1. The van der Waals surface area contributed by atoms with E-state index in [9.17, 15) is 19.5 Å². The molecule has 1 aliphatic heterocycles. The summed E-state index contributed by atoms with van der Waals surface area (Å²) in [4.78, 5) is 35.4. The van der Waals surface area contributed by atoms with Gasteiger partial charge in [0.25, 0.3) is 17.4 Å². The molecule has 0 saturated carbocycles. The zero-order chi connectivity index (χ0) is 15.3. The number of carbonyl (C=O) groups is 2. The van der Waals surface area contributed by atoms with Crippen molar-refractivity contribution in [3.8, 4) is 11.4 Å². The summed E-state index contributed by atoms with van der Waals surface area (Å²) in [6.45, 7) is 0. The Labute approximate surface area is 122 Å². The first-order valence-corrected chi connectivity index (χ1v) is 6.18. The molecule has 106 valence electrons. The summed E-state index contributed by atoms with van der Waals surface area (Å²) >= 11 is 5.98. The van der Waals surface area contributed by atoms with Gasteiger partial charge in [-0.1, -0.05) is 11.6 Å². The fraction of sp³-hybridized carbons (Fsp3) is 0. The monoisotopic (exact) mass is 305 g/mol. The molecule has 0 aliphatic carbocycles. The van der Waals surface area contributed by atoms with Gasteiger partial charge >= 0.3 is 0 Å². The number of phenols is 1. The standard InChI is InChI=1S/C13H8ClN3O4/c14-7-3-5(18)1-2-8(7)17-9(19)4-6-10(11(17)15)13(21)16-12(6)20/h1-4,18H,15H2,(H,16,20,21). The third kappa shape index (κ3) is 1.86. The molecule has 0 atom stereocenters. The van der Waals surface area contributed by atoms with Crippen LogP contribution in [0.4, 0.5) is 5.82 Å². The van der Waals surface area contributed by atoms with E-state index in [4.69, 9.17) is 17.3 Å². The average Bonchev–Trinajstić information content (AvgIpc) is 2.67. The van der Waals surface area contributed by atoms with Crippen LogP contribution in [0, 0.1) is 0 Å². The minimum absolute atomic E-state index is 0.0614. The highest BCUT2D eigenvalue weighted by Gasteiger charge is 2.32. The SMILES string of the molecule is Nc1c2c(cc(=O)n1-c1ccc(O)cc1Cl)C(=O)NC2=O. The van der Waals surface area contributed by atoms with Crippen molar-refractivity contribution in [1.82, 2.24) is 9.88 Å². The fourth-order valence-electron chi connectivity index (χ4n) is 2.20. The molecule has 0 radical (unpaired) electrons. The minimum Gasteiger partial charge on any atom is -0.508 e. The lowest BCUT2D eigenvalue weighted by Gasteiger charge is -2.13. The van der Waals surface area contributed by atoms with Crippen molar-refractivity contribution in [3.63, 3.8) is 0 Å². The molecule has 0 fully saturated rings. The third-order valence-electron chi connectivity index (χ3n) is 3.13. The van der Waals surface area contributed by atoms with E-state index in [1.54, 1.807) is 0 Å². The van der Waals surface area contributed by atoms with Crippen molar-refractivity contribution in [2.75, 3.05) is 5.73 Å². The highest BCUT2D eigenvalue weighted by molar-refractivity contribution is 6.32. The summed E-state index contributed by atoms with van der Waals surface area (Å²) in [5.41, 5.74) is 5.32. The zero-order valence-electron chi connectivity index (χ0n) is 10.4. The number of phenolic OH excluding ortho intramolecular Hbond substituents is 1. The molecule has 0 bridgehead atoms. The number of nitrogen functional groups attached to an aromatic ring is 1. The summed E-state index contributed by atoms with van der Waals surface area (Å²) < 4.78 is 1.01. The highest BCUT2D eigenvalue weighted by Crippen LogP contribution is 2.28. The summed E-state index contributed by atoms with van der Waals surface area (Å²) in [7, 11) is 0. The van der Waals surface area contributed by atoms with Gasteiger partial charge in [-0.25, -0.2) is 0 Å². The van der Waals surface area contributed by atoms with E-state index < -0.39 is 17.4 Å². The molecular formula is C13H8ClN3O4. The van der Waals surface area contributed by atoms with Crippen LogP contribution in [0.2, 0.25) is 5.02 Å². The minimum atomic E-state index is -0.670. The maximum absolute atomic E-state index is 12.2. The van der Waals surface area contributed by atoms with Crippen molar-refractivity contribution >= 4 is 29.2 Å². The van der Waals surface area contributed by atoms with E-state index in [1.165, 1.54) is 18.2 Å². The van der Waals surface area contributed by atoms with Gasteiger partial charge in [0.15, 0.2) is 0 Å². The molecule has 1 aromatic heterocycles. The van der Waals surface area contributed by atoms with Gasteiger partial charge in [0, 0.05) is 12.1 Å². The fourth-order valence-corrected chi connectivity index (χ4v) is 2.46. The number of amides is 2. The smallest absolute Gasteiger partial charge is 0.262 e. The maximum Gasteiger partial charge on any atom is 0.262 e. The lowest BCUT2D eigenvalue weighted by atomic mass is 10.1. The molecule has 1 aliphatic rings. The number of carbonyl (C=O) groups excluding carboxylic acids is 2. The first-order valence-electron chi connectivity index (χ1n) is 5.80. The predicted octanol–water partition coefficient (Wildman–Crippen LogP) is 0.662. The number of aromatic nitrogens is 1. The van der Waals surface area contributed by atoms with Crippen molar-refractivity contribution in [2.45, 2.75) is 0 Å². The number of imide groups is 1. The molecule has 0 spiro atoms. The molecule has 2 heterocycles. The van der Waals surface area contributed by atoms with Gasteiger partial charge in [-0.15, -0.1) is 0 Å². The maximum atomic E-state index is 12.2. The number of nitrogens with zero attached hydrogens (tertiary/aromatic N) is 1. The van der Waals surface area contributed by atoms with E-state index >= 15 is 0 Å². The van der Waals surface area contributed by atoms with E-state index in [0.29, 0.717) is 0 Å². The number of fused-ring (bicyclic) bond motifs is 1. The van der Waals surface area contributed by atoms with Gasteiger partial charge in [0.05, 0.1) is 21.8 Å². The van der Waals surface area contributed by atoms with Crippen molar-refractivity contribution in [1.29, 1.82) is 0 Å². The van der Waals surface area contributed by atoms with Crippen molar-refractivity contribution in [2.24, 2.45) is 0 Å². The Kier molecular flexibility index (Phi) is 2.74. The third-order valence-corrected chi connectivity index (χ3v) is 3.43. The predicted molar refractivity (Wildman–Crippen MR) is 74.9 cm³/mol. The Morgan fingerprint density at radius 1 is 1.14 bits per heavy atom. The van der Waals surface area contributed by atoms with E-state index in [0.717, 1.165) is 10.6 Å². The molecule has 2 aromatic rings. The lowest BCUT2D eigenvalue weighted by molar-refractivity contribution is 0.0880. The molecule has 7 nitrogen and oxygen atoms in total. The summed E-state index contributed by atoms with van der Waals surface area (Å²) in [6.07, 6.45) is 0. The Morgan fingerprint density at radius 2 is 1.86 bits per heavy atom. The number of aromatic hydroxyl groups is 1. The van der Waals surface area contributed by atoms with Gasteiger partial charge in [0.2, 0.25) is 0 Å². The van der Waals surface area contributed by atoms with E-state index in [-0.39, 0.29) is 33.4 Å². The quantitative estimate of drug-likeness (QED) is 0.670. The molecule has 1 aromatic carbocycles. The van der Waals surface area contributed by atoms with Crippen LogP contribution in [0.5, 0.6) is 5.75 Å². The van der Waals surface area contributed by atoms with Gasteiger partial charge < -0.3 is 10.8 Å². The van der Waals surface area contributed by atoms with Crippen LogP contribution in [0.1, 0.15) is 20.7 Å². The van der Waals surface area contributed by atoms with Gasteiger partial charge in [0.1, 0.15) is 11.6 Å². The largest absolute Gasteiger partial charge is 0.508 e. The normalized spacial score (nSPS) is 13.2. The molecule has 21 heavy (non-hydrogen) atoms. The number of hydrogen-bond donors (Lipinski definition) is 3. The number of rotatable bonds is 1. The molecule has 8 heteroatoms. The van der Waals surface area contributed by atoms with E-state index in [2.05, 4.69) is 5.32 Å². The zero-order valence-corrected chi connectivity index (χ0v) is 11.1. The topological polar surface area (TPSA) is 114 Å². The number of halogens is 1. The number of nitrogens with one attached hydrogen (secondary N) is 1. The lowest BCUT2D eigenvalue weighted by Crippen LogP contribution is -2.24.